The summed E-state index contributed by atoms with van der Waals surface area (Å²) in [5, 5.41) is 2.99. The summed E-state index contributed by atoms with van der Waals surface area (Å²) in [6, 6.07) is 7.51. The summed E-state index contributed by atoms with van der Waals surface area (Å²) in [7, 11) is 1.68. The molecule has 0 atom stereocenters. The lowest BCUT2D eigenvalue weighted by Gasteiger charge is -2.16. The van der Waals surface area contributed by atoms with Gasteiger partial charge in [-0.3, -0.25) is 4.79 Å². The van der Waals surface area contributed by atoms with E-state index in [-0.39, 0.29) is 5.91 Å². The smallest absolute Gasteiger partial charge is 0.251 e. The van der Waals surface area contributed by atoms with E-state index in [0.717, 1.165) is 39.0 Å². The summed E-state index contributed by atoms with van der Waals surface area (Å²) < 4.78 is 5.44. The number of amides is 1. The van der Waals surface area contributed by atoms with Crippen LogP contribution in [0.15, 0.2) is 30.6 Å². The first-order valence-corrected chi connectivity index (χ1v) is 7.86. The summed E-state index contributed by atoms with van der Waals surface area (Å²) >= 11 is 0. The highest BCUT2D eigenvalue weighted by Gasteiger charge is 2.12. The van der Waals surface area contributed by atoms with Crippen molar-refractivity contribution in [2.75, 3.05) is 7.11 Å². The van der Waals surface area contributed by atoms with Crippen molar-refractivity contribution < 1.29 is 9.53 Å². The molecule has 0 saturated heterocycles. The van der Waals surface area contributed by atoms with Crippen LogP contribution in [-0.4, -0.2) is 23.0 Å². The van der Waals surface area contributed by atoms with Crippen LogP contribution >= 0.6 is 0 Å². The Balaban J connectivity index is 1.79. The van der Waals surface area contributed by atoms with Gasteiger partial charge in [0.15, 0.2) is 0 Å². The molecule has 0 radical (unpaired) electrons. The molecule has 0 fully saturated rings. The predicted molar refractivity (Wildman–Crippen MR) is 94.5 cm³/mol. The number of imidazole rings is 1. The molecular weight excluding hydrogens is 302 g/mol. The molecule has 2 aromatic carbocycles. The molecule has 1 amide bonds. The first kappa shape index (κ1) is 16.1. The quantitative estimate of drug-likeness (QED) is 0.773. The first-order valence-electron chi connectivity index (χ1n) is 7.86. The zero-order valence-electron chi connectivity index (χ0n) is 14.4. The molecule has 5 heteroatoms. The lowest BCUT2D eigenvalue weighted by molar-refractivity contribution is 0.0951. The van der Waals surface area contributed by atoms with E-state index in [4.69, 9.17) is 4.74 Å². The van der Waals surface area contributed by atoms with Crippen molar-refractivity contribution in [2.45, 2.75) is 27.3 Å². The predicted octanol–water partition coefficient (Wildman–Crippen LogP) is 3.43. The Bertz CT molecular complexity index is 912. The fourth-order valence-corrected chi connectivity index (χ4v) is 2.99. The molecule has 1 heterocycles. The van der Waals surface area contributed by atoms with Crippen molar-refractivity contribution in [2.24, 2.45) is 0 Å². The molecule has 0 aliphatic heterocycles. The number of carbonyl (C=O) groups is 1. The van der Waals surface area contributed by atoms with E-state index in [1.54, 1.807) is 19.5 Å². The molecule has 3 rings (SSSR count). The second kappa shape index (κ2) is 6.35. The Kier molecular flexibility index (Phi) is 4.25. The van der Waals surface area contributed by atoms with E-state index < -0.39 is 0 Å². The summed E-state index contributed by atoms with van der Waals surface area (Å²) in [5.41, 5.74) is 6.75. The summed E-state index contributed by atoms with van der Waals surface area (Å²) in [6.45, 7) is 6.59. The first-order chi connectivity index (χ1) is 11.5. The van der Waals surface area contributed by atoms with Crippen molar-refractivity contribution in [1.29, 1.82) is 0 Å². The van der Waals surface area contributed by atoms with Gasteiger partial charge in [-0.05, 0) is 61.2 Å². The third kappa shape index (κ3) is 2.85. The van der Waals surface area contributed by atoms with E-state index in [9.17, 15) is 4.79 Å². The van der Waals surface area contributed by atoms with Gasteiger partial charge < -0.3 is 15.0 Å². The van der Waals surface area contributed by atoms with Crippen LogP contribution in [0.1, 0.15) is 32.6 Å². The lowest BCUT2D eigenvalue weighted by atomic mass is 9.98. The Labute approximate surface area is 141 Å². The molecule has 0 aliphatic carbocycles. The molecule has 2 N–H and O–H groups in total. The molecule has 0 bridgehead atoms. The fourth-order valence-electron chi connectivity index (χ4n) is 2.99. The minimum absolute atomic E-state index is 0.1000. The van der Waals surface area contributed by atoms with E-state index >= 15 is 0 Å². The number of hydrogen-bond acceptors (Lipinski definition) is 3. The SMILES string of the molecule is COc1c(C)cc(CNC(=O)c2ccc3nc[nH]c3c2)c(C)c1C. The second-order valence-corrected chi connectivity index (χ2v) is 5.95. The molecular formula is C19H21N3O2. The second-order valence-electron chi connectivity index (χ2n) is 5.95. The van der Waals surface area contributed by atoms with Crippen molar-refractivity contribution in [3.05, 3.63) is 58.4 Å². The number of fused-ring (bicyclic) bond motifs is 1. The lowest BCUT2D eigenvalue weighted by Crippen LogP contribution is -2.23. The maximum atomic E-state index is 12.4. The number of aromatic nitrogens is 2. The Morgan fingerprint density at radius 3 is 2.75 bits per heavy atom. The van der Waals surface area contributed by atoms with Crippen LogP contribution in [0.25, 0.3) is 11.0 Å². The number of methoxy groups -OCH3 is 1. The zero-order chi connectivity index (χ0) is 17.3. The Morgan fingerprint density at radius 1 is 1.21 bits per heavy atom. The highest BCUT2D eigenvalue weighted by atomic mass is 16.5. The van der Waals surface area contributed by atoms with Gasteiger partial charge in [0.05, 0.1) is 24.5 Å². The summed E-state index contributed by atoms with van der Waals surface area (Å²) in [5.74, 6) is 0.810. The van der Waals surface area contributed by atoms with Crippen LogP contribution in [-0.2, 0) is 6.54 Å². The summed E-state index contributed by atoms with van der Waals surface area (Å²) in [4.78, 5) is 19.6. The normalized spacial score (nSPS) is 10.8. The maximum Gasteiger partial charge on any atom is 0.251 e. The third-order valence-corrected chi connectivity index (χ3v) is 4.46. The summed E-state index contributed by atoms with van der Waals surface area (Å²) in [6.07, 6.45) is 1.62. The van der Waals surface area contributed by atoms with E-state index in [2.05, 4.69) is 28.3 Å². The number of carbonyl (C=O) groups excluding carboxylic acids is 1. The number of nitrogens with zero attached hydrogens (tertiary/aromatic N) is 1. The van der Waals surface area contributed by atoms with Gasteiger partial charge >= 0.3 is 0 Å². The van der Waals surface area contributed by atoms with Gasteiger partial charge in [-0.25, -0.2) is 4.98 Å². The Hall–Kier alpha value is -2.82. The fraction of sp³-hybridized carbons (Fsp3) is 0.263. The highest BCUT2D eigenvalue weighted by molar-refractivity contribution is 5.97. The molecule has 3 aromatic rings. The van der Waals surface area contributed by atoms with Crippen molar-refractivity contribution in [1.82, 2.24) is 15.3 Å². The van der Waals surface area contributed by atoms with Gasteiger partial charge in [0.1, 0.15) is 5.75 Å². The van der Waals surface area contributed by atoms with E-state index in [1.165, 1.54) is 0 Å². The number of benzene rings is 2. The third-order valence-electron chi connectivity index (χ3n) is 4.46. The van der Waals surface area contributed by atoms with Gasteiger partial charge in [-0.15, -0.1) is 0 Å². The standard InChI is InChI=1S/C19H21N3O2/c1-11-7-15(12(2)13(3)18(11)24-4)9-20-19(23)14-5-6-16-17(8-14)22-10-21-16/h5-8,10H,9H2,1-4H3,(H,20,23)(H,21,22). The van der Waals surface area contributed by atoms with Crippen LogP contribution in [0.4, 0.5) is 0 Å². The van der Waals surface area contributed by atoms with Gasteiger partial charge in [-0.2, -0.15) is 0 Å². The number of hydrogen-bond donors (Lipinski definition) is 2. The van der Waals surface area contributed by atoms with Crippen LogP contribution in [0.2, 0.25) is 0 Å². The van der Waals surface area contributed by atoms with Crippen LogP contribution in [0.5, 0.6) is 5.75 Å². The Morgan fingerprint density at radius 2 is 2.00 bits per heavy atom. The average molecular weight is 323 g/mol. The molecule has 124 valence electrons. The largest absolute Gasteiger partial charge is 0.496 e. The number of H-pyrrole nitrogens is 1. The molecule has 0 spiro atoms. The number of aryl methyl sites for hydroxylation is 1. The zero-order valence-corrected chi connectivity index (χ0v) is 14.4. The van der Waals surface area contributed by atoms with Crippen LogP contribution in [0.3, 0.4) is 0 Å². The molecule has 0 saturated carbocycles. The van der Waals surface area contributed by atoms with E-state index in [1.807, 2.05) is 26.0 Å². The van der Waals surface area contributed by atoms with Gasteiger partial charge in [0.25, 0.3) is 5.91 Å². The average Bonchev–Trinajstić information content (AvgIpc) is 3.04. The number of nitrogens with one attached hydrogen (secondary N) is 2. The molecule has 5 nitrogen and oxygen atoms in total. The van der Waals surface area contributed by atoms with Gasteiger partial charge in [0, 0.05) is 12.1 Å². The molecule has 0 aliphatic rings. The monoisotopic (exact) mass is 323 g/mol. The molecule has 0 unspecified atom stereocenters. The van der Waals surface area contributed by atoms with Crippen LogP contribution in [0, 0.1) is 20.8 Å². The van der Waals surface area contributed by atoms with Gasteiger partial charge in [-0.1, -0.05) is 6.07 Å². The minimum Gasteiger partial charge on any atom is -0.496 e. The van der Waals surface area contributed by atoms with Gasteiger partial charge in [0.2, 0.25) is 0 Å². The van der Waals surface area contributed by atoms with Crippen molar-refractivity contribution in [3.63, 3.8) is 0 Å². The topological polar surface area (TPSA) is 67.0 Å². The number of rotatable bonds is 4. The maximum absolute atomic E-state index is 12.4. The number of ether oxygens (including phenoxy) is 1. The van der Waals surface area contributed by atoms with Crippen molar-refractivity contribution >= 4 is 16.9 Å². The molecule has 24 heavy (non-hydrogen) atoms. The van der Waals surface area contributed by atoms with Crippen molar-refractivity contribution in [3.8, 4) is 5.75 Å². The number of aromatic amines is 1. The molecule has 1 aromatic heterocycles. The van der Waals surface area contributed by atoms with Crippen LogP contribution < -0.4 is 10.1 Å². The highest BCUT2D eigenvalue weighted by Crippen LogP contribution is 2.28. The van der Waals surface area contributed by atoms with E-state index in [0.29, 0.717) is 12.1 Å². The minimum atomic E-state index is -0.1000.